The van der Waals surface area contributed by atoms with E-state index in [9.17, 15) is 4.79 Å². The first-order valence-corrected chi connectivity index (χ1v) is 9.98. The third-order valence-corrected chi connectivity index (χ3v) is 6.53. The van der Waals surface area contributed by atoms with Crippen molar-refractivity contribution < 1.29 is 14.3 Å². The van der Waals surface area contributed by atoms with Gasteiger partial charge in [0, 0.05) is 25.6 Å². The molecule has 1 aromatic carbocycles. The van der Waals surface area contributed by atoms with E-state index in [1.54, 1.807) is 7.11 Å². The van der Waals surface area contributed by atoms with Crippen molar-refractivity contribution in [3.8, 4) is 5.75 Å². The summed E-state index contributed by atoms with van der Waals surface area (Å²) in [6.45, 7) is 3.99. The molecule has 1 saturated heterocycles. The van der Waals surface area contributed by atoms with Crippen molar-refractivity contribution in [2.75, 3.05) is 40.0 Å². The SMILES string of the molecule is COc1ccc([C@@H](CNC(=O)[C@@H]2C[C@H]3CC[C@H]2C3)N2CCOCC2)cc1. The van der Waals surface area contributed by atoms with Crippen molar-refractivity contribution in [2.24, 2.45) is 17.8 Å². The Morgan fingerprint density at radius 1 is 1.23 bits per heavy atom. The van der Waals surface area contributed by atoms with E-state index in [1.165, 1.54) is 24.8 Å². The molecule has 0 aromatic heterocycles. The molecular formula is C21H30N2O3. The first-order chi connectivity index (χ1) is 12.7. The van der Waals surface area contributed by atoms with Crippen molar-refractivity contribution in [1.82, 2.24) is 10.2 Å². The number of methoxy groups -OCH3 is 1. The van der Waals surface area contributed by atoms with Crippen LogP contribution < -0.4 is 10.1 Å². The summed E-state index contributed by atoms with van der Waals surface area (Å²) in [4.78, 5) is 15.2. The highest BCUT2D eigenvalue weighted by Gasteiger charge is 2.43. The third-order valence-electron chi connectivity index (χ3n) is 6.53. The lowest BCUT2D eigenvalue weighted by molar-refractivity contribution is -0.126. The molecule has 0 unspecified atom stereocenters. The number of nitrogens with zero attached hydrogens (tertiary/aromatic N) is 1. The quantitative estimate of drug-likeness (QED) is 0.849. The van der Waals surface area contributed by atoms with Crippen molar-refractivity contribution >= 4 is 5.91 Å². The Kier molecular flexibility index (Phi) is 5.46. The molecule has 4 rings (SSSR count). The van der Waals surface area contributed by atoms with Crippen LogP contribution in [0.25, 0.3) is 0 Å². The van der Waals surface area contributed by atoms with Crippen LogP contribution in [0, 0.1) is 17.8 Å². The minimum Gasteiger partial charge on any atom is -0.497 e. The van der Waals surface area contributed by atoms with Crippen LogP contribution in [0.3, 0.4) is 0 Å². The van der Waals surface area contributed by atoms with Crippen molar-refractivity contribution in [3.05, 3.63) is 29.8 Å². The fourth-order valence-corrected chi connectivity index (χ4v) is 5.07. The highest BCUT2D eigenvalue weighted by atomic mass is 16.5. The zero-order chi connectivity index (χ0) is 17.9. The Balaban J connectivity index is 1.42. The predicted octanol–water partition coefficient (Wildman–Crippen LogP) is 2.62. The van der Waals surface area contributed by atoms with Gasteiger partial charge in [0.25, 0.3) is 0 Å². The number of carbonyl (C=O) groups is 1. The molecular weight excluding hydrogens is 328 g/mol. The van der Waals surface area contributed by atoms with Crippen molar-refractivity contribution in [2.45, 2.75) is 31.7 Å². The van der Waals surface area contributed by atoms with Gasteiger partial charge < -0.3 is 14.8 Å². The Labute approximate surface area is 156 Å². The third kappa shape index (κ3) is 3.74. The molecule has 1 aliphatic heterocycles. The first kappa shape index (κ1) is 17.8. The summed E-state index contributed by atoms with van der Waals surface area (Å²) >= 11 is 0. The highest BCUT2D eigenvalue weighted by Crippen LogP contribution is 2.48. The number of benzene rings is 1. The fourth-order valence-electron chi connectivity index (χ4n) is 5.07. The summed E-state index contributed by atoms with van der Waals surface area (Å²) < 4.78 is 10.8. The lowest BCUT2D eigenvalue weighted by Crippen LogP contribution is -2.45. The monoisotopic (exact) mass is 358 g/mol. The van der Waals surface area contributed by atoms with E-state index >= 15 is 0 Å². The molecule has 2 saturated carbocycles. The molecule has 3 aliphatic rings. The maximum absolute atomic E-state index is 12.8. The number of carbonyl (C=O) groups excluding carboxylic acids is 1. The van der Waals surface area contributed by atoms with Gasteiger partial charge in [-0.25, -0.2) is 0 Å². The molecule has 5 nitrogen and oxygen atoms in total. The molecule has 5 heteroatoms. The van der Waals surface area contributed by atoms with E-state index in [0.29, 0.717) is 12.5 Å². The summed E-state index contributed by atoms with van der Waals surface area (Å²) in [6, 6.07) is 8.42. The summed E-state index contributed by atoms with van der Waals surface area (Å²) in [5.41, 5.74) is 1.22. The van der Waals surface area contributed by atoms with Gasteiger partial charge in [-0.15, -0.1) is 0 Å². The predicted molar refractivity (Wildman–Crippen MR) is 100 cm³/mol. The van der Waals surface area contributed by atoms with Crippen LogP contribution in [-0.4, -0.2) is 50.8 Å². The largest absolute Gasteiger partial charge is 0.497 e. The Bertz CT molecular complexity index is 612. The number of rotatable bonds is 6. The fraction of sp³-hybridized carbons (Fsp3) is 0.667. The number of fused-ring (bicyclic) bond motifs is 2. The van der Waals surface area contributed by atoms with Gasteiger partial charge in [0.1, 0.15) is 5.75 Å². The number of hydrogen-bond donors (Lipinski definition) is 1. The second-order valence-electron chi connectivity index (χ2n) is 7.96. The minimum absolute atomic E-state index is 0.187. The van der Waals surface area contributed by atoms with Crippen LogP contribution in [0.15, 0.2) is 24.3 Å². The van der Waals surface area contributed by atoms with Crippen LogP contribution >= 0.6 is 0 Å². The normalized spacial score (nSPS) is 29.5. The Morgan fingerprint density at radius 3 is 2.62 bits per heavy atom. The Morgan fingerprint density at radius 2 is 2.00 bits per heavy atom. The molecule has 1 heterocycles. The van der Waals surface area contributed by atoms with Crippen LogP contribution in [0.4, 0.5) is 0 Å². The van der Waals surface area contributed by atoms with Crippen molar-refractivity contribution in [3.63, 3.8) is 0 Å². The molecule has 0 spiro atoms. The topological polar surface area (TPSA) is 50.8 Å². The van der Waals surface area contributed by atoms with Crippen LogP contribution in [0.2, 0.25) is 0 Å². The average Bonchev–Trinajstić information content (AvgIpc) is 3.33. The molecule has 26 heavy (non-hydrogen) atoms. The average molecular weight is 358 g/mol. The van der Waals surface area contributed by atoms with Gasteiger partial charge in [-0.2, -0.15) is 0 Å². The van der Waals surface area contributed by atoms with Gasteiger partial charge in [-0.05, 0) is 48.8 Å². The number of amides is 1. The van der Waals surface area contributed by atoms with E-state index in [4.69, 9.17) is 9.47 Å². The maximum Gasteiger partial charge on any atom is 0.223 e. The number of ether oxygens (including phenoxy) is 2. The number of hydrogen-bond acceptors (Lipinski definition) is 4. The van der Waals surface area contributed by atoms with Gasteiger partial charge in [0.15, 0.2) is 0 Å². The van der Waals surface area contributed by atoms with Gasteiger partial charge >= 0.3 is 0 Å². The second-order valence-corrected chi connectivity index (χ2v) is 7.96. The van der Waals surface area contributed by atoms with Gasteiger partial charge in [0.05, 0.1) is 26.4 Å². The molecule has 1 N–H and O–H groups in total. The minimum atomic E-state index is 0.187. The van der Waals surface area contributed by atoms with E-state index in [0.717, 1.165) is 44.4 Å². The lowest BCUT2D eigenvalue weighted by Gasteiger charge is -2.35. The molecule has 2 bridgehead atoms. The van der Waals surface area contributed by atoms with Gasteiger partial charge in [-0.3, -0.25) is 9.69 Å². The van der Waals surface area contributed by atoms with Crippen molar-refractivity contribution in [1.29, 1.82) is 0 Å². The number of nitrogens with one attached hydrogen (secondary N) is 1. The number of morpholine rings is 1. The summed E-state index contributed by atoms with van der Waals surface area (Å²) in [7, 11) is 1.68. The van der Waals surface area contributed by atoms with Crippen LogP contribution in [0.1, 0.15) is 37.3 Å². The molecule has 0 radical (unpaired) electrons. The molecule has 1 amide bonds. The zero-order valence-electron chi connectivity index (χ0n) is 15.7. The lowest BCUT2D eigenvalue weighted by atomic mass is 9.88. The van der Waals surface area contributed by atoms with Crippen LogP contribution in [0.5, 0.6) is 5.75 Å². The molecule has 142 valence electrons. The zero-order valence-corrected chi connectivity index (χ0v) is 15.7. The smallest absolute Gasteiger partial charge is 0.223 e. The van der Waals surface area contributed by atoms with E-state index in [1.807, 2.05) is 12.1 Å². The Hall–Kier alpha value is -1.59. The summed E-state index contributed by atoms with van der Waals surface area (Å²) in [5.74, 6) is 2.80. The molecule has 4 atom stereocenters. The maximum atomic E-state index is 12.8. The van der Waals surface area contributed by atoms with E-state index in [-0.39, 0.29) is 17.9 Å². The van der Waals surface area contributed by atoms with Gasteiger partial charge in [0.2, 0.25) is 5.91 Å². The van der Waals surface area contributed by atoms with E-state index < -0.39 is 0 Å². The second kappa shape index (κ2) is 7.97. The highest BCUT2D eigenvalue weighted by molar-refractivity contribution is 5.79. The first-order valence-electron chi connectivity index (χ1n) is 9.98. The summed E-state index contributed by atoms with van der Waals surface area (Å²) in [5, 5.41) is 3.28. The standard InChI is InChI=1S/C21H30N2O3/c1-25-18-6-4-16(5-7-18)20(23-8-10-26-11-9-23)14-22-21(24)19-13-15-2-3-17(19)12-15/h4-7,15,17,19-20H,2-3,8-14H2,1H3,(H,22,24)/t15-,17-,19+,20+/m0/s1. The van der Waals surface area contributed by atoms with E-state index in [2.05, 4.69) is 22.3 Å². The molecule has 1 aromatic rings. The summed E-state index contributed by atoms with van der Waals surface area (Å²) in [6.07, 6.45) is 4.94. The molecule has 3 fully saturated rings. The molecule has 2 aliphatic carbocycles. The van der Waals surface area contributed by atoms with Gasteiger partial charge in [-0.1, -0.05) is 18.6 Å². The van der Waals surface area contributed by atoms with Crippen LogP contribution in [-0.2, 0) is 9.53 Å².